The molecule has 0 radical (unpaired) electrons. The average molecular weight is 349 g/mol. The SMILES string of the molecule is C=CCNS(=O)(=O)c1cccc(C(=O)NNC(=O)c2ccco2)c1. The van der Waals surface area contributed by atoms with E-state index in [0.717, 1.165) is 0 Å². The monoisotopic (exact) mass is 349 g/mol. The van der Waals surface area contributed by atoms with Gasteiger partial charge in [0.2, 0.25) is 10.0 Å². The Hall–Kier alpha value is -2.91. The first-order valence-electron chi connectivity index (χ1n) is 6.79. The highest BCUT2D eigenvalue weighted by molar-refractivity contribution is 7.89. The zero-order valence-corrected chi connectivity index (χ0v) is 13.3. The molecule has 2 rings (SSSR count). The number of hydrazine groups is 1. The van der Waals surface area contributed by atoms with Crippen molar-refractivity contribution in [2.45, 2.75) is 4.90 Å². The van der Waals surface area contributed by atoms with Crippen molar-refractivity contribution >= 4 is 21.8 Å². The smallest absolute Gasteiger partial charge is 0.305 e. The van der Waals surface area contributed by atoms with Gasteiger partial charge in [0, 0.05) is 12.1 Å². The fourth-order valence-corrected chi connectivity index (χ4v) is 2.76. The van der Waals surface area contributed by atoms with E-state index in [4.69, 9.17) is 4.42 Å². The van der Waals surface area contributed by atoms with Crippen LogP contribution in [-0.2, 0) is 10.0 Å². The zero-order valence-electron chi connectivity index (χ0n) is 12.5. The zero-order chi connectivity index (χ0) is 17.6. The second-order valence-corrected chi connectivity index (χ2v) is 6.32. The van der Waals surface area contributed by atoms with Gasteiger partial charge >= 0.3 is 5.91 Å². The second kappa shape index (κ2) is 7.57. The third-order valence-electron chi connectivity index (χ3n) is 2.86. The van der Waals surface area contributed by atoms with Crippen LogP contribution in [0.5, 0.6) is 0 Å². The Morgan fingerprint density at radius 2 is 1.88 bits per heavy atom. The molecule has 1 heterocycles. The number of hydrogen-bond acceptors (Lipinski definition) is 5. The van der Waals surface area contributed by atoms with E-state index in [0.29, 0.717) is 0 Å². The molecule has 3 N–H and O–H groups in total. The van der Waals surface area contributed by atoms with Crippen molar-refractivity contribution in [3.05, 3.63) is 66.6 Å². The number of nitrogens with one attached hydrogen (secondary N) is 3. The molecule has 0 saturated carbocycles. The van der Waals surface area contributed by atoms with Crippen molar-refractivity contribution in [3.63, 3.8) is 0 Å². The lowest BCUT2D eigenvalue weighted by molar-refractivity contribution is 0.0831. The van der Waals surface area contributed by atoms with E-state index in [1.165, 1.54) is 48.7 Å². The van der Waals surface area contributed by atoms with E-state index in [2.05, 4.69) is 22.2 Å². The molecule has 1 aromatic carbocycles. The van der Waals surface area contributed by atoms with Crippen molar-refractivity contribution in [1.82, 2.24) is 15.6 Å². The second-order valence-electron chi connectivity index (χ2n) is 4.55. The Kier molecular flexibility index (Phi) is 5.51. The summed E-state index contributed by atoms with van der Waals surface area (Å²) in [5.41, 5.74) is 4.41. The van der Waals surface area contributed by atoms with E-state index in [9.17, 15) is 18.0 Å². The number of carbonyl (C=O) groups is 2. The van der Waals surface area contributed by atoms with E-state index < -0.39 is 21.8 Å². The van der Waals surface area contributed by atoms with Gasteiger partial charge in [-0.25, -0.2) is 13.1 Å². The van der Waals surface area contributed by atoms with Gasteiger partial charge in [0.05, 0.1) is 11.2 Å². The number of amides is 2. The molecule has 9 heteroatoms. The van der Waals surface area contributed by atoms with Crippen LogP contribution >= 0.6 is 0 Å². The Morgan fingerprint density at radius 3 is 2.54 bits per heavy atom. The Bertz CT molecular complexity index is 844. The molecule has 1 aromatic heterocycles. The minimum atomic E-state index is -3.75. The molecule has 8 nitrogen and oxygen atoms in total. The van der Waals surface area contributed by atoms with Gasteiger partial charge in [0.1, 0.15) is 0 Å². The summed E-state index contributed by atoms with van der Waals surface area (Å²) in [5, 5.41) is 0. The molecule has 2 amide bonds. The summed E-state index contributed by atoms with van der Waals surface area (Å²) in [6.45, 7) is 3.49. The molecule has 0 saturated heterocycles. The number of hydrogen-bond donors (Lipinski definition) is 3. The molecule has 0 aliphatic rings. The number of sulfonamides is 1. The maximum absolute atomic E-state index is 12.0. The van der Waals surface area contributed by atoms with Crippen LogP contribution in [0.25, 0.3) is 0 Å². The van der Waals surface area contributed by atoms with E-state index in [1.54, 1.807) is 0 Å². The number of benzene rings is 1. The van der Waals surface area contributed by atoms with Gasteiger partial charge in [-0.1, -0.05) is 12.1 Å². The fourth-order valence-electron chi connectivity index (χ4n) is 1.71. The lowest BCUT2D eigenvalue weighted by Crippen LogP contribution is -2.41. The molecular formula is C15H15N3O5S. The average Bonchev–Trinajstić information content (AvgIpc) is 3.12. The van der Waals surface area contributed by atoms with Crippen LogP contribution in [0.1, 0.15) is 20.9 Å². The Labute approximate surface area is 138 Å². The fraction of sp³-hybridized carbons (Fsp3) is 0.0667. The van der Waals surface area contributed by atoms with Gasteiger partial charge in [-0.05, 0) is 30.3 Å². The standard InChI is InChI=1S/C15H15N3O5S/c1-2-8-16-24(21,22)12-6-3-5-11(10-12)14(19)17-18-15(20)13-7-4-9-23-13/h2-7,9-10,16H,1,8H2,(H,17,19)(H,18,20). The van der Waals surface area contributed by atoms with Crippen LogP contribution in [-0.4, -0.2) is 26.8 Å². The van der Waals surface area contributed by atoms with Gasteiger partial charge in [-0.3, -0.25) is 20.4 Å². The predicted octanol–water partition coefficient (Wildman–Crippen LogP) is 0.819. The lowest BCUT2D eigenvalue weighted by Gasteiger charge is -2.08. The first-order valence-corrected chi connectivity index (χ1v) is 8.27. The molecule has 0 spiro atoms. The molecule has 126 valence electrons. The summed E-state index contributed by atoms with van der Waals surface area (Å²) in [7, 11) is -3.75. The maximum Gasteiger partial charge on any atom is 0.305 e. The van der Waals surface area contributed by atoms with Crippen molar-refractivity contribution < 1.29 is 22.4 Å². The van der Waals surface area contributed by atoms with E-state index in [-0.39, 0.29) is 22.8 Å². The summed E-state index contributed by atoms with van der Waals surface area (Å²) in [4.78, 5) is 23.6. The van der Waals surface area contributed by atoms with Crippen molar-refractivity contribution in [2.24, 2.45) is 0 Å². The lowest BCUT2D eigenvalue weighted by atomic mass is 10.2. The van der Waals surface area contributed by atoms with Gasteiger partial charge < -0.3 is 4.42 Å². The number of furan rings is 1. The molecule has 24 heavy (non-hydrogen) atoms. The van der Waals surface area contributed by atoms with Crippen LogP contribution in [0, 0.1) is 0 Å². The third kappa shape index (κ3) is 4.31. The van der Waals surface area contributed by atoms with Gasteiger partial charge in [-0.2, -0.15) is 0 Å². The number of carbonyl (C=O) groups excluding carboxylic acids is 2. The summed E-state index contributed by atoms with van der Waals surface area (Å²) in [6.07, 6.45) is 2.72. The first-order chi connectivity index (χ1) is 11.4. The molecule has 2 aromatic rings. The van der Waals surface area contributed by atoms with Crippen LogP contribution in [0.2, 0.25) is 0 Å². The van der Waals surface area contributed by atoms with E-state index in [1.807, 2.05) is 0 Å². The molecule has 0 unspecified atom stereocenters. The predicted molar refractivity (Wildman–Crippen MR) is 85.5 cm³/mol. The number of rotatable bonds is 6. The van der Waals surface area contributed by atoms with Crippen LogP contribution in [0.15, 0.2) is 64.6 Å². The van der Waals surface area contributed by atoms with Gasteiger partial charge in [0.15, 0.2) is 5.76 Å². The molecule has 0 atom stereocenters. The quantitative estimate of drug-likeness (QED) is 0.527. The van der Waals surface area contributed by atoms with Gasteiger partial charge in [-0.15, -0.1) is 6.58 Å². The Balaban J connectivity index is 2.06. The topological polar surface area (TPSA) is 118 Å². The molecule has 0 fully saturated rings. The maximum atomic E-state index is 12.0. The summed E-state index contributed by atoms with van der Waals surface area (Å²) in [6, 6.07) is 8.34. The molecule has 0 aliphatic carbocycles. The summed E-state index contributed by atoms with van der Waals surface area (Å²) < 4.78 is 31.2. The first kappa shape index (κ1) is 17.4. The normalized spacial score (nSPS) is 10.8. The largest absolute Gasteiger partial charge is 0.459 e. The Morgan fingerprint density at radius 1 is 1.12 bits per heavy atom. The van der Waals surface area contributed by atoms with Crippen molar-refractivity contribution in [2.75, 3.05) is 6.54 Å². The van der Waals surface area contributed by atoms with Crippen LogP contribution in [0.4, 0.5) is 0 Å². The summed E-state index contributed by atoms with van der Waals surface area (Å²) >= 11 is 0. The van der Waals surface area contributed by atoms with Crippen LogP contribution < -0.4 is 15.6 Å². The minimum Gasteiger partial charge on any atom is -0.459 e. The highest BCUT2D eigenvalue weighted by Crippen LogP contribution is 2.11. The minimum absolute atomic E-state index is 0.0280. The van der Waals surface area contributed by atoms with E-state index >= 15 is 0 Å². The highest BCUT2D eigenvalue weighted by Gasteiger charge is 2.16. The molecule has 0 bridgehead atoms. The summed E-state index contributed by atoms with van der Waals surface area (Å²) in [5.74, 6) is -1.28. The van der Waals surface area contributed by atoms with Crippen molar-refractivity contribution in [3.8, 4) is 0 Å². The van der Waals surface area contributed by atoms with Gasteiger partial charge in [0.25, 0.3) is 5.91 Å². The molecular weight excluding hydrogens is 334 g/mol. The van der Waals surface area contributed by atoms with Crippen LogP contribution in [0.3, 0.4) is 0 Å². The molecule has 0 aliphatic heterocycles. The van der Waals surface area contributed by atoms with Crippen molar-refractivity contribution in [1.29, 1.82) is 0 Å². The third-order valence-corrected chi connectivity index (χ3v) is 4.28. The highest BCUT2D eigenvalue weighted by atomic mass is 32.2.